The van der Waals surface area contributed by atoms with Gasteiger partial charge in [-0.25, -0.2) is 0 Å². The fraction of sp³-hybridized carbons (Fsp3) is 0.667. The van der Waals surface area contributed by atoms with E-state index in [1.54, 1.807) is 0 Å². The number of nitrogens with zero attached hydrogens (tertiary/aromatic N) is 1. The lowest BCUT2D eigenvalue weighted by Gasteiger charge is -2.24. The van der Waals surface area contributed by atoms with Gasteiger partial charge in [0.05, 0.1) is 6.67 Å². The summed E-state index contributed by atoms with van der Waals surface area (Å²) < 4.78 is 0. The van der Waals surface area contributed by atoms with Crippen LogP contribution < -0.4 is 5.32 Å². The van der Waals surface area contributed by atoms with Gasteiger partial charge in [-0.1, -0.05) is 6.58 Å². The maximum atomic E-state index is 3.81. The van der Waals surface area contributed by atoms with Crippen molar-refractivity contribution < 1.29 is 0 Å². The molecule has 2 heteroatoms. The van der Waals surface area contributed by atoms with Gasteiger partial charge in [-0.3, -0.25) is 4.90 Å². The largest absolute Gasteiger partial charge is 0.376 e. The Morgan fingerprint density at radius 3 is 2.88 bits per heavy atom. The SMILES string of the molecule is C=C1CCN(C)CN1. The van der Waals surface area contributed by atoms with Crippen LogP contribution in [-0.4, -0.2) is 25.2 Å². The molecule has 0 bridgehead atoms. The van der Waals surface area contributed by atoms with Crippen LogP contribution >= 0.6 is 0 Å². The standard InChI is InChI=1S/C6H12N2/c1-6-3-4-8(2)5-7-6/h7H,1,3-5H2,2H3. The van der Waals surface area contributed by atoms with Gasteiger partial charge in [-0.05, 0) is 13.5 Å². The molecule has 1 N–H and O–H groups in total. The van der Waals surface area contributed by atoms with E-state index in [2.05, 4.69) is 23.8 Å². The van der Waals surface area contributed by atoms with Crippen molar-refractivity contribution in [2.45, 2.75) is 6.42 Å². The van der Waals surface area contributed by atoms with Crippen molar-refractivity contribution in [2.24, 2.45) is 0 Å². The van der Waals surface area contributed by atoms with Gasteiger partial charge in [0.2, 0.25) is 0 Å². The second-order valence-electron chi connectivity index (χ2n) is 2.27. The maximum absolute atomic E-state index is 3.81. The smallest absolute Gasteiger partial charge is 0.0672 e. The molecule has 1 aliphatic heterocycles. The molecule has 0 aromatic carbocycles. The van der Waals surface area contributed by atoms with Gasteiger partial charge in [0.15, 0.2) is 0 Å². The zero-order valence-electron chi connectivity index (χ0n) is 5.28. The molecule has 0 amide bonds. The van der Waals surface area contributed by atoms with Crippen LogP contribution in [0.1, 0.15) is 6.42 Å². The molecule has 1 rings (SSSR count). The molecule has 0 unspecified atom stereocenters. The van der Waals surface area contributed by atoms with Gasteiger partial charge >= 0.3 is 0 Å². The predicted octanol–water partition coefficient (Wildman–Crippen LogP) is 0.383. The van der Waals surface area contributed by atoms with Crippen molar-refractivity contribution in [3.8, 4) is 0 Å². The third-order valence-corrected chi connectivity index (χ3v) is 1.39. The highest BCUT2D eigenvalue weighted by Crippen LogP contribution is 2.00. The highest BCUT2D eigenvalue weighted by Gasteiger charge is 2.04. The number of hydrogen-bond acceptors (Lipinski definition) is 2. The number of nitrogens with one attached hydrogen (secondary N) is 1. The number of hydrogen-bond donors (Lipinski definition) is 1. The highest BCUT2D eigenvalue weighted by molar-refractivity contribution is 4.93. The Morgan fingerprint density at radius 2 is 2.50 bits per heavy atom. The molecule has 0 aromatic heterocycles. The van der Waals surface area contributed by atoms with Gasteiger partial charge in [-0.15, -0.1) is 0 Å². The predicted molar refractivity (Wildman–Crippen MR) is 34.4 cm³/mol. The van der Waals surface area contributed by atoms with E-state index < -0.39 is 0 Å². The van der Waals surface area contributed by atoms with Gasteiger partial charge < -0.3 is 5.32 Å². The Labute approximate surface area is 50.2 Å². The lowest BCUT2D eigenvalue weighted by molar-refractivity contribution is 0.288. The van der Waals surface area contributed by atoms with Crippen molar-refractivity contribution in [1.29, 1.82) is 0 Å². The zero-order valence-corrected chi connectivity index (χ0v) is 5.28. The first-order valence-corrected chi connectivity index (χ1v) is 2.89. The first-order valence-electron chi connectivity index (χ1n) is 2.89. The molecule has 0 radical (unpaired) electrons. The Morgan fingerprint density at radius 1 is 1.75 bits per heavy atom. The summed E-state index contributed by atoms with van der Waals surface area (Å²) in [6, 6.07) is 0. The van der Waals surface area contributed by atoms with E-state index in [-0.39, 0.29) is 0 Å². The summed E-state index contributed by atoms with van der Waals surface area (Å²) in [5, 5.41) is 3.16. The molecule has 1 fully saturated rings. The van der Waals surface area contributed by atoms with E-state index in [0.29, 0.717) is 0 Å². The molecule has 0 atom stereocenters. The van der Waals surface area contributed by atoms with E-state index >= 15 is 0 Å². The molecule has 0 spiro atoms. The zero-order chi connectivity index (χ0) is 5.98. The van der Waals surface area contributed by atoms with Crippen LogP contribution in [0.4, 0.5) is 0 Å². The summed E-state index contributed by atoms with van der Waals surface area (Å²) >= 11 is 0. The van der Waals surface area contributed by atoms with Gasteiger partial charge in [0, 0.05) is 12.2 Å². The van der Waals surface area contributed by atoms with Crippen LogP contribution in [-0.2, 0) is 0 Å². The second-order valence-corrected chi connectivity index (χ2v) is 2.27. The van der Waals surface area contributed by atoms with E-state index in [4.69, 9.17) is 0 Å². The Hall–Kier alpha value is -0.500. The maximum Gasteiger partial charge on any atom is 0.0672 e. The molecular weight excluding hydrogens is 100 g/mol. The molecule has 0 aromatic rings. The summed E-state index contributed by atoms with van der Waals surface area (Å²) in [7, 11) is 2.10. The van der Waals surface area contributed by atoms with E-state index in [0.717, 1.165) is 19.6 Å². The highest BCUT2D eigenvalue weighted by atomic mass is 15.2. The van der Waals surface area contributed by atoms with Crippen LogP contribution in [0.3, 0.4) is 0 Å². The number of rotatable bonds is 0. The Kier molecular flexibility index (Phi) is 1.53. The molecule has 2 nitrogen and oxygen atoms in total. The van der Waals surface area contributed by atoms with Gasteiger partial charge in [-0.2, -0.15) is 0 Å². The molecule has 1 heterocycles. The van der Waals surface area contributed by atoms with E-state index in [1.807, 2.05) is 0 Å². The minimum absolute atomic E-state index is 0.957. The average Bonchev–Trinajstić information content (AvgIpc) is 1.77. The van der Waals surface area contributed by atoms with Crippen LogP contribution in [0.25, 0.3) is 0 Å². The third-order valence-electron chi connectivity index (χ3n) is 1.39. The van der Waals surface area contributed by atoms with Crippen molar-refractivity contribution >= 4 is 0 Å². The topological polar surface area (TPSA) is 15.3 Å². The molecular formula is C6H12N2. The van der Waals surface area contributed by atoms with E-state index in [1.165, 1.54) is 5.70 Å². The van der Waals surface area contributed by atoms with Crippen LogP contribution in [0.15, 0.2) is 12.3 Å². The van der Waals surface area contributed by atoms with Crippen molar-refractivity contribution in [3.63, 3.8) is 0 Å². The normalized spacial score (nSPS) is 22.9. The summed E-state index contributed by atoms with van der Waals surface area (Å²) in [4.78, 5) is 2.23. The molecule has 0 saturated carbocycles. The molecule has 46 valence electrons. The summed E-state index contributed by atoms with van der Waals surface area (Å²) in [6.45, 7) is 5.91. The molecule has 0 aliphatic carbocycles. The van der Waals surface area contributed by atoms with E-state index in [9.17, 15) is 0 Å². The molecule has 8 heavy (non-hydrogen) atoms. The lowest BCUT2D eigenvalue weighted by Crippen LogP contribution is -2.37. The van der Waals surface area contributed by atoms with Crippen LogP contribution in [0.5, 0.6) is 0 Å². The fourth-order valence-electron chi connectivity index (χ4n) is 0.740. The van der Waals surface area contributed by atoms with Crippen molar-refractivity contribution in [3.05, 3.63) is 12.3 Å². The van der Waals surface area contributed by atoms with Gasteiger partial charge in [0.1, 0.15) is 0 Å². The Bertz CT molecular complexity index is 88.7. The molecule has 1 saturated heterocycles. The second kappa shape index (κ2) is 2.18. The van der Waals surface area contributed by atoms with Crippen molar-refractivity contribution in [2.75, 3.05) is 20.3 Å². The molecule has 1 aliphatic rings. The first-order chi connectivity index (χ1) is 3.79. The van der Waals surface area contributed by atoms with Crippen LogP contribution in [0.2, 0.25) is 0 Å². The van der Waals surface area contributed by atoms with Gasteiger partial charge in [0.25, 0.3) is 0 Å². The van der Waals surface area contributed by atoms with Crippen molar-refractivity contribution in [1.82, 2.24) is 10.2 Å². The summed E-state index contributed by atoms with van der Waals surface area (Å²) in [5.74, 6) is 0. The summed E-state index contributed by atoms with van der Waals surface area (Å²) in [6.07, 6.45) is 1.09. The summed E-state index contributed by atoms with van der Waals surface area (Å²) in [5.41, 5.74) is 1.17. The fourth-order valence-corrected chi connectivity index (χ4v) is 0.740. The minimum atomic E-state index is 0.957. The first kappa shape index (κ1) is 5.63. The monoisotopic (exact) mass is 112 g/mol. The lowest BCUT2D eigenvalue weighted by atomic mass is 10.3. The average molecular weight is 112 g/mol. The Balaban J connectivity index is 2.29. The minimum Gasteiger partial charge on any atom is -0.376 e. The van der Waals surface area contributed by atoms with Crippen LogP contribution in [0, 0.1) is 0 Å². The quantitative estimate of drug-likeness (QED) is 0.487. The third kappa shape index (κ3) is 1.23.